The van der Waals surface area contributed by atoms with E-state index >= 15 is 0 Å². The Balaban J connectivity index is 1.56. The molecule has 1 fully saturated rings. The van der Waals surface area contributed by atoms with Crippen molar-refractivity contribution in [2.45, 2.75) is 26.7 Å². The lowest BCUT2D eigenvalue weighted by Crippen LogP contribution is -2.37. The van der Waals surface area contributed by atoms with E-state index in [1.807, 2.05) is 4.90 Å². The van der Waals surface area contributed by atoms with Crippen molar-refractivity contribution in [3.05, 3.63) is 69.3 Å². The van der Waals surface area contributed by atoms with E-state index in [0.717, 1.165) is 30.8 Å². The number of imide groups is 1. The van der Waals surface area contributed by atoms with E-state index in [4.69, 9.17) is 23.2 Å². The first kappa shape index (κ1) is 22.4. The Morgan fingerprint density at radius 2 is 1.72 bits per heavy atom. The summed E-state index contributed by atoms with van der Waals surface area (Å²) in [5.74, 6) is -0.630. The van der Waals surface area contributed by atoms with Crippen molar-refractivity contribution in [3.8, 4) is 0 Å². The van der Waals surface area contributed by atoms with Crippen LogP contribution >= 0.6 is 23.2 Å². The van der Waals surface area contributed by atoms with Gasteiger partial charge in [0.05, 0.1) is 5.69 Å². The van der Waals surface area contributed by atoms with Crippen LogP contribution in [0.15, 0.2) is 53.2 Å². The standard InChI is InChI=1S/C24H23Cl2N3O3/c1-14-9-11-28(12-10-14)22(30)16-5-3-6-17(13-16)27-21-20(26)23(31)29(24(21)32)19-8-4-7-18(25)15(19)2/h3-8,13-14,27H,9-12H2,1-2H3. The number of piperidine rings is 1. The molecule has 0 radical (unpaired) electrons. The highest BCUT2D eigenvalue weighted by molar-refractivity contribution is 6.53. The van der Waals surface area contributed by atoms with E-state index in [9.17, 15) is 14.4 Å². The third kappa shape index (κ3) is 4.12. The number of hydrogen-bond donors (Lipinski definition) is 1. The van der Waals surface area contributed by atoms with E-state index in [2.05, 4.69) is 12.2 Å². The highest BCUT2D eigenvalue weighted by Crippen LogP contribution is 2.34. The fourth-order valence-electron chi connectivity index (χ4n) is 3.94. The SMILES string of the molecule is Cc1c(Cl)cccc1N1C(=O)C(Cl)=C(Nc2cccc(C(=O)N3CCC(C)CC3)c2)C1=O. The number of amides is 3. The molecule has 8 heteroatoms. The van der Waals surface area contributed by atoms with E-state index in [1.165, 1.54) is 0 Å². The summed E-state index contributed by atoms with van der Waals surface area (Å²) in [6.45, 7) is 5.39. The zero-order valence-electron chi connectivity index (χ0n) is 17.8. The molecule has 3 amide bonds. The lowest BCUT2D eigenvalue weighted by atomic mass is 9.98. The van der Waals surface area contributed by atoms with Crippen molar-refractivity contribution in [1.82, 2.24) is 4.90 Å². The van der Waals surface area contributed by atoms with Gasteiger partial charge in [0.1, 0.15) is 10.7 Å². The van der Waals surface area contributed by atoms with Gasteiger partial charge in [-0.3, -0.25) is 14.4 Å². The number of benzene rings is 2. The molecule has 0 atom stereocenters. The fourth-order valence-corrected chi connectivity index (χ4v) is 4.32. The predicted octanol–water partition coefficient (Wildman–Crippen LogP) is 4.96. The van der Waals surface area contributed by atoms with Crippen LogP contribution in [-0.2, 0) is 9.59 Å². The number of hydrogen-bond acceptors (Lipinski definition) is 4. The molecule has 0 saturated carbocycles. The molecule has 2 heterocycles. The maximum Gasteiger partial charge on any atom is 0.283 e. The first-order valence-electron chi connectivity index (χ1n) is 10.5. The highest BCUT2D eigenvalue weighted by Gasteiger charge is 2.39. The van der Waals surface area contributed by atoms with Gasteiger partial charge in [-0.05, 0) is 61.6 Å². The monoisotopic (exact) mass is 471 g/mol. The third-order valence-electron chi connectivity index (χ3n) is 5.96. The molecule has 0 spiro atoms. The molecule has 0 unspecified atom stereocenters. The van der Waals surface area contributed by atoms with Crippen LogP contribution in [0.4, 0.5) is 11.4 Å². The van der Waals surface area contributed by atoms with Crippen molar-refractivity contribution in [2.75, 3.05) is 23.3 Å². The van der Waals surface area contributed by atoms with Gasteiger partial charge in [-0.25, -0.2) is 4.90 Å². The van der Waals surface area contributed by atoms with E-state index in [-0.39, 0.29) is 16.6 Å². The fraction of sp³-hybridized carbons (Fsp3) is 0.292. The average Bonchev–Trinajstić information content (AvgIpc) is 2.99. The number of halogens is 2. The van der Waals surface area contributed by atoms with Gasteiger partial charge in [0.15, 0.2) is 0 Å². The molecule has 0 bridgehead atoms. The van der Waals surface area contributed by atoms with E-state index < -0.39 is 11.8 Å². The molecule has 166 valence electrons. The van der Waals surface area contributed by atoms with Gasteiger partial charge in [0, 0.05) is 29.4 Å². The Kier molecular flexibility index (Phi) is 6.26. The zero-order valence-corrected chi connectivity index (χ0v) is 19.3. The number of nitrogens with zero attached hydrogens (tertiary/aromatic N) is 2. The summed E-state index contributed by atoms with van der Waals surface area (Å²) in [4.78, 5) is 41.6. The molecule has 2 aromatic rings. The third-order valence-corrected chi connectivity index (χ3v) is 6.72. The topological polar surface area (TPSA) is 69.7 Å². The molecule has 2 aliphatic heterocycles. The van der Waals surface area contributed by atoms with E-state index in [0.29, 0.717) is 33.4 Å². The largest absolute Gasteiger partial charge is 0.350 e. The molecular formula is C24H23Cl2N3O3. The number of carbonyl (C=O) groups is 3. The van der Waals surface area contributed by atoms with Gasteiger partial charge < -0.3 is 10.2 Å². The Hall–Kier alpha value is -2.83. The summed E-state index contributed by atoms with van der Waals surface area (Å²) in [6.07, 6.45) is 1.98. The number of likely N-dealkylation sites (tertiary alicyclic amines) is 1. The lowest BCUT2D eigenvalue weighted by Gasteiger charge is -2.30. The van der Waals surface area contributed by atoms with E-state index in [1.54, 1.807) is 49.4 Å². The molecule has 0 aromatic heterocycles. The minimum absolute atomic E-state index is 0.0348. The van der Waals surface area contributed by atoms with Crippen LogP contribution in [0, 0.1) is 12.8 Å². The lowest BCUT2D eigenvalue weighted by molar-refractivity contribution is -0.120. The normalized spacial score (nSPS) is 17.4. The van der Waals surface area contributed by atoms with Crippen LogP contribution in [-0.4, -0.2) is 35.7 Å². The quantitative estimate of drug-likeness (QED) is 0.639. The predicted molar refractivity (Wildman–Crippen MR) is 126 cm³/mol. The summed E-state index contributed by atoms with van der Waals surface area (Å²) in [6, 6.07) is 11.9. The molecule has 2 aromatic carbocycles. The van der Waals surface area contributed by atoms with Gasteiger partial charge in [0.25, 0.3) is 17.7 Å². The van der Waals surface area contributed by atoms with Crippen LogP contribution < -0.4 is 10.2 Å². The molecular weight excluding hydrogens is 449 g/mol. The molecule has 4 rings (SSSR count). The summed E-state index contributed by atoms with van der Waals surface area (Å²) in [5.41, 5.74) is 1.96. The summed E-state index contributed by atoms with van der Waals surface area (Å²) >= 11 is 12.4. The first-order valence-corrected chi connectivity index (χ1v) is 11.2. The van der Waals surface area contributed by atoms with Crippen molar-refractivity contribution in [1.29, 1.82) is 0 Å². The smallest absolute Gasteiger partial charge is 0.283 e. The second kappa shape index (κ2) is 8.96. The zero-order chi connectivity index (χ0) is 23.0. The van der Waals surface area contributed by atoms with Gasteiger partial charge in [-0.15, -0.1) is 0 Å². The van der Waals surface area contributed by atoms with Crippen LogP contribution in [0.2, 0.25) is 5.02 Å². The molecule has 1 saturated heterocycles. The molecule has 0 aliphatic carbocycles. The average molecular weight is 472 g/mol. The van der Waals surface area contributed by atoms with Gasteiger partial charge in [0.2, 0.25) is 0 Å². The number of rotatable bonds is 4. The van der Waals surface area contributed by atoms with Crippen molar-refractivity contribution in [3.63, 3.8) is 0 Å². The second-order valence-corrected chi connectivity index (χ2v) is 8.98. The van der Waals surface area contributed by atoms with Crippen molar-refractivity contribution >= 4 is 52.3 Å². The Morgan fingerprint density at radius 1 is 1.03 bits per heavy atom. The highest BCUT2D eigenvalue weighted by atomic mass is 35.5. The Morgan fingerprint density at radius 3 is 2.44 bits per heavy atom. The summed E-state index contributed by atoms with van der Waals surface area (Å²) in [5, 5.41) is 3.17. The minimum atomic E-state index is -0.626. The maximum atomic E-state index is 13.1. The Bertz CT molecular complexity index is 1140. The molecule has 32 heavy (non-hydrogen) atoms. The maximum absolute atomic E-state index is 13.1. The molecule has 2 aliphatic rings. The first-order chi connectivity index (χ1) is 15.3. The number of carbonyl (C=O) groups excluding carboxylic acids is 3. The van der Waals surface area contributed by atoms with Crippen LogP contribution in [0.25, 0.3) is 0 Å². The minimum Gasteiger partial charge on any atom is -0.350 e. The summed E-state index contributed by atoms with van der Waals surface area (Å²) in [7, 11) is 0. The molecule has 6 nitrogen and oxygen atoms in total. The Labute approximate surface area is 196 Å². The van der Waals surface area contributed by atoms with Gasteiger partial charge in [-0.1, -0.05) is 42.3 Å². The van der Waals surface area contributed by atoms with Crippen LogP contribution in [0.1, 0.15) is 35.7 Å². The number of anilines is 2. The van der Waals surface area contributed by atoms with Gasteiger partial charge >= 0.3 is 0 Å². The van der Waals surface area contributed by atoms with Crippen molar-refractivity contribution < 1.29 is 14.4 Å². The van der Waals surface area contributed by atoms with Gasteiger partial charge in [-0.2, -0.15) is 0 Å². The van der Waals surface area contributed by atoms with Crippen LogP contribution in [0.3, 0.4) is 0 Å². The second-order valence-electron chi connectivity index (χ2n) is 8.20. The summed E-state index contributed by atoms with van der Waals surface area (Å²) < 4.78 is 0. The van der Waals surface area contributed by atoms with Crippen molar-refractivity contribution in [2.24, 2.45) is 5.92 Å². The van der Waals surface area contributed by atoms with Crippen LogP contribution in [0.5, 0.6) is 0 Å². The number of nitrogens with one attached hydrogen (secondary N) is 1. The molecule has 1 N–H and O–H groups in total.